The van der Waals surface area contributed by atoms with Crippen LogP contribution in [0, 0.1) is 12.7 Å². The molecule has 0 radical (unpaired) electrons. The molecule has 2 heterocycles. The van der Waals surface area contributed by atoms with Crippen molar-refractivity contribution in [1.82, 2.24) is 9.55 Å². The lowest BCUT2D eigenvalue weighted by Gasteiger charge is -2.16. The van der Waals surface area contributed by atoms with Gasteiger partial charge in [-0.15, -0.1) is 0 Å². The van der Waals surface area contributed by atoms with E-state index in [0.717, 1.165) is 16.3 Å². The number of aliphatic imine (C=N–C) groups is 1. The summed E-state index contributed by atoms with van der Waals surface area (Å²) in [7, 11) is -1.62. The Balaban J connectivity index is 2.07. The zero-order valence-electron chi connectivity index (χ0n) is 20.3. The summed E-state index contributed by atoms with van der Waals surface area (Å²) in [5, 5.41) is -0.0254. The van der Waals surface area contributed by atoms with Crippen molar-refractivity contribution in [3.8, 4) is 0 Å². The quantitative estimate of drug-likeness (QED) is 0.325. The zero-order valence-corrected chi connectivity index (χ0v) is 21.9. The average molecular weight is 530 g/mol. The smallest absolute Gasteiger partial charge is 0.273 e. The normalized spacial score (nSPS) is 14.3. The van der Waals surface area contributed by atoms with Crippen LogP contribution in [-0.2, 0) is 17.2 Å². The van der Waals surface area contributed by atoms with Crippen molar-refractivity contribution in [2.75, 3.05) is 6.26 Å². The van der Waals surface area contributed by atoms with Crippen LogP contribution in [0.2, 0.25) is 5.02 Å². The van der Waals surface area contributed by atoms with Gasteiger partial charge in [0.1, 0.15) is 16.6 Å². The molecule has 9 heteroatoms. The minimum Gasteiger partial charge on any atom is -0.284 e. The van der Waals surface area contributed by atoms with Gasteiger partial charge in [0.15, 0.2) is 5.83 Å². The molecule has 5 nitrogen and oxygen atoms in total. The van der Waals surface area contributed by atoms with Crippen molar-refractivity contribution in [1.29, 1.82) is 0 Å². The third-order valence-electron chi connectivity index (χ3n) is 5.55. The Morgan fingerprint density at radius 3 is 2.69 bits per heavy atom. The van der Waals surface area contributed by atoms with Crippen LogP contribution in [0.5, 0.6) is 0 Å². The number of halogens is 3. The molecule has 0 saturated heterocycles. The van der Waals surface area contributed by atoms with Crippen LogP contribution in [0.15, 0.2) is 81.6 Å². The van der Waals surface area contributed by atoms with E-state index in [1.165, 1.54) is 30.7 Å². The highest BCUT2D eigenvalue weighted by atomic mass is 35.5. The van der Waals surface area contributed by atoms with Crippen molar-refractivity contribution in [2.45, 2.75) is 38.0 Å². The molecule has 1 aromatic carbocycles. The minimum absolute atomic E-state index is 0.0254. The lowest BCUT2D eigenvalue weighted by Crippen LogP contribution is -2.22. The molecule has 188 valence electrons. The van der Waals surface area contributed by atoms with Gasteiger partial charge in [0.2, 0.25) is 0 Å². The molecular formula is C27H26ClF2N3O2S. The number of aromatic nitrogens is 2. The number of rotatable bonds is 8. The number of hydrogen-bond acceptors (Lipinski definition) is 4. The van der Waals surface area contributed by atoms with Gasteiger partial charge >= 0.3 is 0 Å². The maximum atomic E-state index is 15.6. The topological polar surface area (TPSA) is 64.3 Å². The fourth-order valence-corrected chi connectivity index (χ4v) is 4.71. The molecule has 0 saturated carbocycles. The summed E-state index contributed by atoms with van der Waals surface area (Å²) in [5.74, 6) is -1.88. The highest BCUT2D eigenvalue weighted by molar-refractivity contribution is 7.84. The number of hydrogen-bond donors (Lipinski definition) is 0. The maximum absolute atomic E-state index is 15.6. The standard InChI is InChI=1S/C27H26ClF2N3O2S/c1-5-11-32-26(20-9-6-10-23(25(20)30)36(4)35)22(29)16-33-18(3)14-21(24(28)27(33)34)17(2)13-19-8-7-12-31-15-19/h5-12,14-17H,13H2,1-4H3/b11-5+,22-16-,32-26+. The third-order valence-corrected chi connectivity index (χ3v) is 6.86. The minimum atomic E-state index is -1.62. The second-order valence-electron chi connectivity index (χ2n) is 8.21. The Morgan fingerprint density at radius 1 is 1.31 bits per heavy atom. The van der Waals surface area contributed by atoms with Gasteiger partial charge < -0.3 is 0 Å². The third kappa shape index (κ3) is 6.12. The second kappa shape index (κ2) is 12.1. The largest absolute Gasteiger partial charge is 0.284 e. The van der Waals surface area contributed by atoms with Crippen molar-refractivity contribution in [3.63, 3.8) is 0 Å². The highest BCUT2D eigenvalue weighted by Gasteiger charge is 2.21. The summed E-state index contributed by atoms with van der Waals surface area (Å²) >= 11 is 6.44. The number of allylic oxidation sites excluding steroid dienone is 2. The first kappa shape index (κ1) is 27.4. The molecular weight excluding hydrogens is 504 g/mol. The van der Waals surface area contributed by atoms with Gasteiger partial charge in [-0.25, -0.2) is 8.78 Å². The van der Waals surface area contributed by atoms with Crippen molar-refractivity contribution >= 4 is 34.3 Å². The van der Waals surface area contributed by atoms with Crippen LogP contribution in [0.1, 0.15) is 42.1 Å². The first-order valence-electron chi connectivity index (χ1n) is 11.1. The fourth-order valence-electron chi connectivity index (χ4n) is 3.75. The van der Waals surface area contributed by atoms with Crippen LogP contribution >= 0.6 is 11.6 Å². The lowest BCUT2D eigenvalue weighted by atomic mass is 9.94. The van der Waals surface area contributed by atoms with E-state index in [4.69, 9.17) is 11.6 Å². The van der Waals surface area contributed by atoms with Gasteiger partial charge in [-0.1, -0.05) is 36.7 Å². The van der Waals surface area contributed by atoms with Crippen LogP contribution in [0.4, 0.5) is 8.78 Å². The number of aryl methyl sites for hydroxylation is 1. The summed E-state index contributed by atoms with van der Waals surface area (Å²) in [6, 6.07) is 9.69. The number of benzene rings is 1. The molecule has 0 fully saturated rings. The Bertz CT molecular complexity index is 1430. The van der Waals surface area contributed by atoms with E-state index in [0.29, 0.717) is 17.7 Å². The molecule has 3 aromatic rings. The second-order valence-corrected chi connectivity index (χ2v) is 9.93. The Morgan fingerprint density at radius 2 is 2.06 bits per heavy atom. The first-order valence-corrected chi connectivity index (χ1v) is 13.1. The summed E-state index contributed by atoms with van der Waals surface area (Å²) in [4.78, 5) is 21.2. The predicted octanol–water partition coefficient (Wildman–Crippen LogP) is 6.22. The zero-order chi connectivity index (χ0) is 26.4. The first-order chi connectivity index (χ1) is 17.1. The van der Waals surface area contributed by atoms with Gasteiger partial charge in [-0.3, -0.25) is 23.5 Å². The van der Waals surface area contributed by atoms with Gasteiger partial charge in [0, 0.05) is 36.1 Å². The molecule has 2 unspecified atom stereocenters. The molecule has 2 atom stereocenters. The van der Waals surface area contributed by atoms with Crippen molar-refractivity contribution < 1.29 is 13.0 Å². The molecule has 0 bridgehead atoms. The molecule has 0 aliphatic carbocycles. The Hall–Kier alpha value is -3.23. The summed E-state index contributed by atoms with van der Waals surface area (Å²) in [6.45, 7) is 5.28. The Kier molecular flexibility index (Phi) is 9.23. The average Bonchev–Trinajstić information content (AvgIpc) is 2.85. The molecule has 36 heavy (non-hydrogen) atoms. The number of nitrogens with zero attached hydrogens (tertiary/aromatic N) is 3. The molecule has 0 aliphatic rings. The van der Waals surface area contributed by atoms with Gasteiger partial charge in [0.05, 0.1) is 21.9 Å². The summed E-state index contributed by atoms with van der Waals surface area (Å²) < 4.78 is 43.6. The van der Waals surface area contributed by atoms with Crippen LogP contribution in [-0.4, -0.2) is 25.7 Å². The van der Waals surface area contributed by atoms with Crippen molar-refractivity contribution in [3.05, 3.63) is 110 Å². The maximum Gasteiger partial charge on any atom is 0.273 e. The highest BCUT2D eigenvalue weighted by Crippen LogP contribution is 2.27. The molecule has 0 spiro atoms. The van der Waals surface area contributed by atoms with Crippen LogP contribution in [0.3, 0.4) is 0 Å². The van der Waals surface area contributed by atoms with Crippen LogP contribution in [0.25, 0.3) is 6.20 Å². The van der Waals surface area contributed by atoms with E-state index >= 15 is 8.78 Å². The van der Waals surface area contributed by atoms with E-state index in [1.54, 1.807) is 38.4 Å². The van der Waals surface area contributed by atoms with Gasteiger partial charge in [-0.2, -0.15) is 0 Å². The van der Waals surface area contributed by atoms with Gasteiger partial charge in [0.25, 0.3) is 5.56 Å². The molecule has 0 aliphatic heterocycles. The van der Waals surface area contributed by atoms with Crippen LogP contribution < -0.4 is 5.56 Å². The van der Waals surface area contributed by atoms with Crippen molar-refractivity contribution in [2.24, 2.45) is 4.99 Å². The van der Waals surface area contributed by atoms with Gasteiger partial charge in [-0.05, 0) is 61.6 Å². The fraction of sp³-hybridized carbons (Fsp3) is 0.222. The van der Waals surface area contributed by atoms with E-state index in [-0.39, 0.29) is 27.1 Å². The summed E-state index contributed by atoms with van der Waals surface area (Å²) in [6.07, 6.45) is 9.20. The van der Waals surface area contributed by atoms with E-state index in [2.05, 4.69) is 9.98 Å². The van der Waals surface area contributed by atoms with E-state index in [1.807, 2.05) is 19.1 Å². The molecule has 2 aromatic heterocycles. The SMILES string of the molecule is C/C=C/N=C(/C(F)=C/n1c(C)cc(C(C)Cc2cccnc2)c(Cl)c1=O)c1cccc(S(C)=O)c1F. The lowest BCUT2D eigenvalue weighted by molar-refractivity contribution is 0.591. The monoisotopic (exact) mass is 529 g/mol. The van der Waals surface area contributed by atoms with E-state index < -0.39 is 28.0 Å². The number of pyridine rings is 2. The van der Waals surface area contributed by atoms with E-state index in [9.17, 15) is 9.00 Å². The summed E-state index contributed by atoms with van der Waals surface area (Å²) in [5.41, 5.74) is 0.967. The molecule has 0 amide bonds. The molecule has 0 N–H and O–H groups in total. The molecule has 3 rings (SSSR count). The predicted molar refractivity (Wildman–Crippen MR) is 142 cm³/mol. The Labute approximate surface area is 216 Å².